The Bertz CT molecular complexity index is 1170. The monoisotopic (exact) mass is 561 g/mol. The first-order valence-electron chi connectivity index (χ1n) is 13.4. The van der Waals surface area contributed by atoms with Gasteiger partial charge < -0.3 is 14.3 Å². The van der Waals surface area contributed by atoms with Crippen LogP contribution < -0.4 is 0 Å². The van der Waals surface area contributed by atoms with Gasteiger partial charge in [-0.05, 0) is 53.4 Å². The predicted molar refractivity (Wildman–Crippen MR) is 152 cm³/mol. The molecule has 1 fully saturated rings. The van der Waals surface area contributed by atoms with E-state index in [1.165, 1.54) is 11.4 Å². The van der Waals surface area contributed by atoms with Gasteiger partial charge in [-0.3, -0.25) is 0 Å². The van der Waals surface area contributed by atoms with Gasteiger partial charge in [0.05, 0.1) is 29.8 Å². The van der Waals surface area contributed by atoms with E-state index in [0.717, 1.165) is 11.1 Å². The van der Waals surface area contributed by atoms with Gasteiger partial charge >= 0.3 is 5.97 Å². The summed E-state index contributed by atoms with van der Waals surface area (Å²) in [6, 6.07) is 13.8. The number of esters is 1. The number of β-amino-alcohol motifs (C(OH)–C–C–N with tert-alkyl or cyclic N) is 1. The molecule has 2 aromatic rings. The van der Waals surface area contributed by atoms with E-state index >= 15 is 0 Å². The number of carbonyl (C=O) groups excluding carboxylic acids is 1. The molecule has 1 aliphatic heterocycles. The summed E-state index contributed by atoms with van der Waals surface area (Å²) in [4.78, 5) is 12.2. The second kappa shape index (κ2) is 12.0. The fourth-order valence-electron chi connectivity index (χ4n) is 6.19. The SMILES string of the molecule is COC(=O)c1ccc([C@@H]2[C@@H](O)CN(S(=O)(=O)c3ccc(C)cc3)C[C@H]2O[Si](C(C)C)(C(C)C)C(C)C)cc1. The number of aryl methyl sites for hydroxylation is 1. The smallest absolute Gasteiger partial charge is 0.337 e. The van der Waals surface area contributed by atoms with E-state index < -0.39 is 42.4 Å². The molecule has 0 aromatic heterocycles. The summed E-state index contributed by atoms with van der Waals surface area (Å²) in [6.45, 7) is 15.1. The van der Waals surface area contributed by atoms with Crippen molar-refractivity contribution in [1.82, 2.24) is 4.31 Å². The largest absolute Gasteiger partial charge is 0.465 e. The Hall–Kier alpha value is -2.04. The molecule has 0 spiro atoms. The van der Waals surface area contributed by atoms with Crippen molar-refractivity contribution in [1.29, 1.82) is 0 Å². The number of hydrogen-bond acceptors (Lipinski definition) is 6. The number of nitrogens with zero attached hydrogens (tertiary/aromatic N) is 1. The van der Waals surface area contributed by atoms with Crippen LogP contribution in [-0.4, -0.2) is 64.5 Å². The lowest BCUT2D eigenvalue weighted by molar-refractivity contribution is 0.00146. The third kappa shape index (κ3) is 5.92. The van der Waals surface area contributed by atoms with Gasteiger partial charge in [-0.2, -0.15) is 4.31 Å². The first kappa shape index (κ1) is 30.5. The molecule has 0 amide bonds. The molecule has 0 unspecified atom stereocenters. The highest BCUT2D eigenvalue weighted by Crippen LogP contribution is 2.46. The minimum atomic E-state index is -3.84. The number of benzene rings is 2. The summed E-state index contributed by atoms with van der Waals surface area (Å²) in [7, 11) is -4.94. The number of piperidine rings is 1. The molecule has 3 atom stereocenters. The summed E-state index contributed by atoms with van der Waals surface area (Å²) in [6.07, 6.45) is -1.54. The minimum Gasteiger partial charge on any atom is -0.465 e. The lowest BCUT2D eigenvalue weighted by Gasteiger charge is -2.49. The summed E-state index contributed by atoms with van der Waals surface area (Å²) in [5.74, 6) is -0.885. The summed E-state index contributed by atoms with van der Waals surface area (Å²) < 4.78 is 40.7. The van der Waals surface area contributed by atoms with Crippen molar-refractivity contribution in [2.75, 3.05) is 20.2 Å². The maximum absolute atomic E-state index is 13.7. The van der Waals surface area contributed by atoms with Crippen LogP contribution in [0.2, 0.25) is 16.6 Å². The summed E-state index contributed by atoms with van der Waals surface area (Å²) in [5, 5.41) is 11.5. The van der Waals surface area contributed by atoms with Crippen molar-refractivity contribution in [3.05, 3.63) is 65.2 Å². The lowest BCUT2D eigenvalue weighted by atomic mass is 9.85. The average Bonchev–Trinajstić information content (AvgIpc) is 2.86. The lowest BCUT2D eigenvalue weighted by Crippen LogP contribution is -2.59. The summed E-state index contributed by atoms with van der Waals surface area (Å²) >= 11 is 0. The van der Waals surface area contributed by atoms with Crippen LogP contribution >= 0.6 is 0 Å². The fourth-order valence-corrected chi connectivity index (χ4v) is 13.2. The molecule has 210 valence electrons. The molecular weight excluding hydrogens is 518 g/mol. The molecule has 0 saturated carbocycles. The number of aliphatic hydroxyl groups is 1. The van der Waals surface area contributed by atoms with Gasteiger partial charge in [0.25, 0.3) is 0 Å². The number of rotatable bonds is 9. The predicted octanol–water partition coefficient (Wildman–Crippen LogP) is 5.49. The molecule has 1 saturated heterocycles. The van der Waals surface area contributed by atoms with E-state index in [1.807, 2.05) is 19.1 Å². The molecular formula is C29H43NO6SSi. The molecule has 3 rings (SSSR count). The van der Waals surface area contributed by atoms with Crippen LogP contribution in [0.5, 0.6) is 0 Å². The van der Waals surface area contributed by atoms with Crippen molar-refractivity contribution in [2.24, 2.45) is 0 Å². The quantitative estimate of drug-likeness (QED) is 0.321. The molecule has 1 aliphatic rings. The van der Waals surface area contributed by atoms with Gasteiger partial charge in [0.1, 0.15) is 0 Å². The van der Waals surface area contributed by atoms with E-state index in [9.17, 15) is 18.3 Å². The molecule has 1 N–H and O–H groups in total. The number of aliphatic hydroxyl groups excluding tert-OH is 1. The molecule has 1 heterocycles. The van der Waals surface area contributed by atoms with Crippen molar-refractivity contribution < 1.29 is 27.5 Å². The van der Waals surface area contributed by atoms with Gasteiger partial charge in [-0.25, -0.2) is 13.2 Å². The van der Waals surface area contributed by atoms with Crippen LogP contribution in [0.4, 0.5) is 0 Å². The van der Waals surface area contributed by atoms with Gasteiger partial charge in [-0.1, -0.05) is 71.4 Å². The van der Waals surface area contributed by atoms with Gasteiger partial charge in [0, 0.05) is 19.0 Å². The number of carbonyl (C=O) groups is 1. The van der Waals surface area contributed by atoms with Crippen molar-refractivity contribution in [3.63, 3.8) is 0 Å². The topological polar surface area (TPSA) is 93.1 Å². The minimum absolute atomic E-state index is 0.0426. The Kier molecular flexibility index (Phi) is 9.63. The van der Waals surface area contributed by atoms with Crippen LogP contribution in [0.3, 0.4) is 0 Å². The van der Waals surface area contributed by atoms with E-state index in [-0.39, 0.29) is 34.6 Å². The Morgan fingerprint density at radius 1 is 0.921 bits per heavy atom. The molecule has 9 heteroatoms. The first-order valence-corrected chi connectivity index (χ1v) is 16.9. The van der Waals surface area contributed by atoms with Gasteiger partial charge in [0.15, 0.2) is 0 Å². The number of methoxy groups -OCH3 is 1. The van der Waals surface area contributed by atoms with E-state index in [0.29, 0.717) is 5.56 Å². The average molecular weight is 562 g/mol. The maximum Gasteiger partial charge on any atom is 0.337 e. The van der Waals surface area contributed by atoms with E-state index in [4.69, 9.17) is 9.16 Å². The van der Waals surface area contributed by atoms with Gasteiger partial charge in [-0.15, -0.1) is 0 Å². The number of ether oxygens (including phenoxy) is 1. The van der Waals surface area contributed by atoms with Crippen molar-refractivity contribution in [2.45, 2.75) is 88.1 Å². The second-order valence-corrected chi connectivity index (χ2v) is 18.7. The second-order valence-electron chi connectivity index (χ2n) is 11.3. The summed E-state index contributed by atoms with van der Waals surface area (Å²) in [5.41, 5.74) is 3.05. The Morgan fingerprint density at radius 3 is 1.92 bits per heavy atom. The molecule has 2 aromatic carbocycles. The number of hydrogen-bond donors (Lipinski definition) is 1. The Labute approximate surface area is 229 Å². The normalized spacial score (nSPS) is 21.3. The number of sulfonamides is 1. The van der Waals surface area contributed by atoms with E-state index in [2.05, 4.69) is 41.5 Å². The Balaban J connectivity index is 2.08. The molecule has 0 radical (unpaired) electrons. The zero-order valence-corrected chi connectivity index (χ0v) is 25.7. The third-order valence-electron chi connectivity index (χ3n) is 8.03. The van der Waals surface area contributed by atoms with Crippen LogP contribution in [0.25, 0.3) is 0 Å². The van der Waals surface area contributed by atoms with Gasteiger partial charge in [0.2, 0.25) is 18.3 Å². The van der Waals surface area contributed by atoms with Crippen molar-refractivity contribution in [3.8, 4) is 0 Å². The first-order chi connectivity index (χ1) is 17.7. The van der Waals surface area contributed by atoms with Crippen molar-refractivity contribution >= 4 is 24.3 Å². The Morgan fingerprint density at radius 2 is 1.45 bits per heavy atom. The highest BCUT2D eigenvalue weighted by atomic mass is 32.2. The fraction of sp³-hybridized carbons (Fsp3) is 0.552. The zero-order chi connectivity index (χ0) is 28.4. The maximum atomic E-state index is 13.7. The molecule has 0 aliphatic carbocycles. The van der Waals surface area contributed by atoms with E-state index in [1.54, 1.807) is 36.4 Å². The third-order valence-corrected chi connectivity index (χ3v) is 16.0. The highest BCUT2D eigenvalue weighted by Gasteiger charge is 2.51. The standard InChI is InChI=1S/C29H43NO6SSi/c1-19(2)38(20(3)4,21(5)6)36-27-18-30(37(33,34)25-15-9-22(7)10-16-25)17-26(31)28(27)23-11-13-24(14-12-23)29(32)35-8/h9-16,19-21,26-28,31H,17-18H2,1-8H3/t26-,27+,28+/m0/s1. The van der Waals surface area contributed by atoms with Crippen LogP contribution in [0.1, 0.15) is 68.9 Å². The molecule has 38 heavy (non-hydrogen) atoms. The molecule has 7 nitrogen and oxygen atoms in total. The van der Waals surface area contributed by atoms with Crippen LogP contribution in [0, 0.1) is 6.92 Å². The molecule has 0 bridgehead atoms. The highest BCUT2D eigenvalue weighted by molar-refractivity contribution is 7.89. The van der Waals surface area contributed by atoms with Crippen LogP contribution in [-0.2, 0) is 19.2 Å². The zero-order valence-electron chi connectivity index (χ0n) is 23.8. The van der Waals surface area contributed by atoms with Crippen LogP contribution in [0.15, 0.2) is 53.4 Å².